The average Bonchev–Trinajstić information content (AvgIpc) is 2.85. The molecular weight excluding hydrogens is 585 g/mol. The van der Waals surface area contributed by atoms with Crippen LogP contribution in [0.25, 0.3) is 0 Å². The van der Waals surface area contributed by atoms with Gasteiger partial charge in [-0.05, 0) is 12.0 Å². The van der Waals surface area contributed by atoms with Crippen LogP contribution in [0.15, 0.2) is 18.2 Å². The van der Waals surface area contributed by atoms with E-state index in [-0.39, 0.29) is 0 Å². The fourth-order valence-electron chi connectivity index (χ4n) is 4.36. The van der Waals surface area contributed by atoms with Crippen molar-refractivity contribution < 1.29 is 12.9 Å². The van der Waals surface area contributed by atoms with E-state index in [2.05, 4.69) is 105 Å². The van der Waals surface area contributed by atoms with E-state index in [0.29, 0.717) is 0 Å². The van der Waals surface area contributed by atoms with E-state index in [9.17, 15) is 0 Å². The first-order valence-electron chi connectivity index (χ1n) is 12.4. The molecule has 2 rings (SSSR count). The van der Waals surface area contributed by atoms with Gasteiger partial charge in [0.1, 0.15) is 0 Å². The molecule has 2 aromatic rings. The fourth-order valence-corrected chi connectivity index (χ4v) is 6.84. The van der Waals surface area contributed by atoms with Crippen molar-refractivity contribution in [3.05, 3.63) is 51.6 Å². The Morgan fingerprint density at radius 1 is 0.727 bits per heavy atom. The summed E-state index contributed by atoms with van der Waals surface area (Å²) in [5.74, 6) is 0. The maximum atomic E-state index is 3.78. The molecule has 0 saturated heterocycles. The number of hydrogen-bond acceptors (Lipinski definition) is 3. The molecule has 6 heteroatoms. The van der Waals surface area contributed by atoms with Crippen LogP contribution in [0.3, 0.4) is 0 Å². The van der Waals surface area contributed by atoms with Crippen molar-refractivity contribution >= 4 is 46.2 Å². The zero-order valence-electron chi connectivity index (χ0n) is 21.1. The van der Waals surface area contributed by atoms with Gasteiger partial charge in [-0.1, -0.05) is 20.8 Å². The summed E-state index contributed by atoms with van der Waals surface area (Å²) < 4.78 is 3.61. The van der Waals surface area contributed by atoms with Crippen LogP contribution in [0.4, 0.5) is 11.4 Å². The van der Waals surface area contributed by atoms with Crippen molar-refractivity contribution in [3.63, 3.8) is 0 Å². The molecule has 0 spiro atoms. The summed E-state index contributed by atoms with van der Waals surface area (Å²) in [6, 6.07) is 7.13. The van der Waals surface area contributed by atoms with Crippen LogP contribution in [0.1, 0.15) is 74.9 Å². The van der Waals surface area contributed by atoms with Gasteiger partial charge < -0.3 is 0 Å². The van der Waals surface area contributed by atoms with Gasteiger partial charge in [-0.25, -0.2) is 0 Å². The summed E-state index contributed by atoms with van der Waals surface area (Å²) in [6.07, 6.45) is 6.36. The van der Waals surface area contributed by atoms with Crippen molar-refractivity contribution in [3.8, 4) is 0 Å². The Kier molecular flexibility index (Phi) is 12.8. The van der Waals surface area contributed by atoms with Gasteiger partial charge in [0.05, 0.1) is 0 Å². The van der Waals surface area contributed by atoms with E-state index in [1.54, 1.807) is 0 Å². The second-order valence-corrected chi connectivity index (χ2v) is 11.1. The molecule has 0 heterocycles. The van der Waals surface area contributed by atoms with Crippen molar-refractivity contribution in [1.29, 1.82) is 0 Å². The fraction of sp³-hybridized carbons (Fsp3) is 0.556. The molecule has 2 aromatic carbocycles. The summed E-state index contributed by atoms with van der Waals surface area (Å²) in [6.45, 7) is 16.1. The molecule has 0 saturated carbocycles. The predicted octanol–water partition coefficient (Wildman–Crippen LogP) is 7.17. The Morgan fingerprint density at radius 2 is 1.30 bits per heavy atom. The normalized spacial score (nSPS) is 11.4. The molecule has 0 amide bonds. The van der Waals surface area contributed by atoms with Gasteiger partial charge >= 0.3 is 192 Å². The summed E-state index contributed by atoms with van der Waals surface area (Å²) in [5, 5.41) is 7.48. The molecule has 0 aliphatic rings. The summed E-state index contributed by atoms with van der Waals surface area (Å²) in [5.41, 5.74) is 11.3. The Labute approximate surface area is 223 Å². The number of nitrogens with zero attached hydrogens (tertiary/aromatic N) is 1. The van der Waals surface area contributed by atoms with Crippen LogP contribution in [-0.2, 0) is 51.4 Å². The molecule has 0 aliphatic heterocycles. The molecule has 0 atom stereocenters. The monoisotopic (exact) mass is 624 g/mol. The molecule has 0 fully saturated rings. The minimum Gasteiger partial charge on any atom is -0.0612 e. The zero-order valence-corrected chi connectivity index (χ0v) is 25.3. The number of benzene rings is 2. The zero-order chi connectivity index (χ0) is 24.4. The number of anilines is 2. The number of nitrogens with one attached hydrogen (secondary N) is 2. The number of hydrogen-bond donors (Lipinski definition) is 2. The van der Waals surface area contributed by atoms with Crippen molar-refractivity contribution in [1.82, 2.24) is 3.93 Å². The molecule has 0 radical (unpaired) electrons. The van der Waals surface area contributed by atoms with Crippen LogP contribution in [0.5, 0.6) is 0 Å². The first-order valence-corrected chi connectivity index (χ1v) is 16.2. The van der Waals surface area contributed by atoms with Gasteiger partial charge in [-0.2, -0.15) is 0 Å². The summed E-state index contributed by atoms with van der Waals surface area (Å²) in [7, 11) is 0. The van der Waals surface area contributed by atoms with Gasteiger partial charge in [0.15, 0.2) is 0 Å². The molecule has 0 bridgehead atoms. The minimum absolute atomic E-state index is 0.765. The van der Waals surface area contributed by atoms with E-state index in [1.807, 2.05) is 0 Å². The van der Waals surface area contributed by atoms with E-state index in [4.69, 9.17) is 0 Å². The third kappa shape index (κ3) is 7.47. The van der Waals surface area contributed by atoms with E-state index in [1.165, 1.54) is 62.2 Å². The first kappa shape index (κ1) is 28.7. The molecule has 3 nitrogen and oxygen atoms in total. The summed E-state index contributed by atoms with van der Waals surface area (Å²) >= 11 is 8.69. The Bertz CT molecular complexity index is 876. The third-order valence-corrected chi connectivity index (χ3v) is 8.82. The Hall–Kier alpha value is -0.534. The molecule has 0 aromatic heterocycles. The van der Waals surface area contributed by atoms with Gasteiger partial charge in [0.25, 0.3) is 0 Å². The number of halogens is 2. The number of aryl methyl sites for hydroxylation is 5. The van der Waals surface area contributed by atoms with Crippen LogP contribution >= 0.6 is 30.3 Å². The third-order valence-electron chi connectivity index (χ3n) is 6.28. The van der Waals surface area contributed by atoms with Gasteiger partial charge in [-0.3, -0.25) is 0 Å². The van der Waals surface area contributed by atoms with Crippen molar-refractivity contribution in [2.75, 3.05) is 30.4 Å². The number of rotatable bonds is 14. The van der Waals surface area contributed by atoms with E-state index < -0.39 is 0 Å². The minimum atomic E-state index is 0.765. The molecular formula is C27H41Br2CoN3. The standard InChI is InChI=1S/C27H41BrN3.BrH.Co/c1-7-20-15-22(9-3)26(23(10-4)16-20)29-13-14-31(28)19-30-27-24(11-5)17-21(8-2)18-25(27)12-6;;/h15-17,29-30H,7-14,19H2,1-6H3;1H;/q;;+1/p-1. The first-order chi connectivity index (χ1) is 16.0. The Balaban J connectivity index is 2.07. The van der Waals surface area contributed by atoms with Crippen LogP contribution < -0.4 is 15.1 Å². The molecule has 187 valence electrons. The second kappa shape index (κ2) is 14.8. The van der Waals surface area contributed by atoms with Gasteiger partial charge in [-0.15, -0.1) is 0 Å². The van der Waals surface area contributed by atoms with E-state index >= 15 is 0 Å². The van der Waals surface area contributed by atoms with Crippen LogP contribution in [0, 0.1) is 0 Å². The van der Waals surface area contributed by atoms with Crippen molar-refractivity contribution in [2.24, 2.45) is 0 Å². The maximum absolute atomic E-state index is 3.78. The summed E-state index contributed by atoms with van der Waals surface area (Å²) in [4.78, 5) is 0. The SMILES string of the molecule is CCc1cc(CC)c(NCCN(Br)CNc2c(CC)cc(CC)[c]([Co][Br])c2CC)c(CC)c1. The second-order valence-electron chi connectivity index (χ2n) is 8.26. The molecule has 2 N–H and O–H groups in total. The van der Waals surface area contributed by atoms with Crippen molar-refractivity contribution in [2.45, 2.75) is 80.1 Å². The topological polar surface area (TPSA) is 27.3 Å². The van der Waals surface area contributed by atoms with E-state index in [0.717, 1.165) is 58.3 Å². The predicted molar refractivity (Wildman–Crippen MR) is 150 cm³/mol. The smallest absolute Gasteiger partial charge is 0.0612 e. The molecule has 0 unspecified atom stereocenters. The van der Waals surface area contributed by atoms with Crippen LogP contribution in [0.2, 0.25) is 0 Å². The average molecular weight is 626 g/mol. The van der Waals surface area contributed by atoms with Crippen LogP contribution in [-0.4, -0.2) is 23.7 Å². The molecule has 0 aliphatic carbocycles. The van der Waals surface area contributed by atoms with Gasteiger partial charge in [0, 0.05) is 0 Å². The molecule has 33 heavy (non-hydrogen) atoms. The van der Waals surface area contributed by atoms with Gasteiger partial charge in [0.2, 0.25) is 0 Å². The quantitative estimate of drug-likeness (QED) is 0.172. The Morgan fingerprint density at radius 3 is 1.79 bits per heavy atom.